The van der Waals surface area contributed by atoms with Gasteiger partial charge in [-0.3, -0.25) is 9.59 Å². The minimum Gasteiger partial charge on any atom is -0.384 e. The Hall–Kier alpha value is -1.63. The number of amides is 2. The van der Waals surface area contributed by atoms with E-state index in [1.165, 1.54) is 0 Å². The summed E-state index contributed by atoms with van der Waals surface area (Å²) in [6.45, 7) is 2.56. The van der Waals surface area contributed by atoms with Crippen LogP contribution in [0.4, 0.5) is 5.69 Å². The lowest BCUT2D eigenvalue weighted by Crippen LogP contribution is -2.49. The standard InChI is InChI=1S/C20H29N3O3.ClH/c1-26-14-20(8-10-21-11-9-20)19(25)22-13-15-4-2-7-17(12-15)23-18(24)16-5-3-6-16;/h2,4,7,12,16,21H,3,5-6,8-11,13-14H2,1H3,(H,22,25)(H,23,24);1H. The molecule has 0 bridgehead atoms. The molecule has 1 aliphatic heterocycles. The van der Waals surface area contributed by atoms with Gasteiger partial charge in [-0.25, -0.2) is 0 Å². The van der Waals surface area contributed by atoms with Gasteiger partial charge in [-0.15, -0.1) is 12.4 Å². The molecule has 1 saturated carbocycles. The molecule has 3 rings (SSSR count). The lowest BCUT2D eigenvalue weighted by molar-refractivity contribution is -0.136. The highest BCUT2D eigenvalue weighted by atomic mass is 35.5. The number of benzene rings is 1. The average molecular weight is 396 g/mol. The number of piperidine rings is 1. The molecule has 1 heterocycles. The SMILES string of the molecule is COCC1(C(=O)NCc2cccc(NC(=O)C3CCC3)c2)CCNCC1.Cl. The Balaban J connectivity index is 0.00000261. The molecule has 7 heteroatoms. The molecule has 1 aromatic rings. The summed E-state index contributed by atoms with van der Waals surface area (Å²) in [6.07, 6.45) is 4.67. The number of hydrogen-bond acceptors (Lipinski definition) is 4. The normalized spacial score (nSPS) is 18.7. The quantitative estimate of drug-likeness (QED) is 0.662. The van der Waals surface area contributed by atoms with E-state index in [1.807, 2.05) is 24.3 Å². The fraction of sp³-hybridized carbons (Fsp3) is 0.600. The van der Waals surface area contributed by atoms with Crippen LogP contribution >= 0.6 is 12.4 Å². The number of halogens is 1. The minimum atomic E-state index is -0.448. The van der Waals surface area contributed by atoms with Crippen molar-refractivity contribution < 1.29 is 14.3 Å². The van der Waals surface area contributed by atoms with Crippen LogP contribution in [0.2, 0.25) is 0 Å². The average Bonchev–Trinajstić information content (AvgIpc) is 2.59. The highest BCUT2D eigenvalue weighted by Crippen LogP contribution is 2.30. The second kappa shape index (κ2) is 10.1. The van der Waals surface area contributed by atoms with Crippen molar-refractivity contribution >= 4 is 29.9 Å². The van der Waals surface area contributed by atoms with Gasteiger partial charge >= 0.3 is 0 Å². The number of carbonyl (C=O) groups excluding carboxylic acids is 2. The van der Waals surface area contributed by atoms with Crippen LogP contribution in [0, 0.1) is 11.3 Å². The van der Waals surface area contributed by atoms with Crippen molar-refractivity contribution in [2.24, 2.45) is 11.3 Å². The first-order chi connectivity index (χ1) is 12.6. The van der Waals surface area contributed by atoms with Gasteiger partial charge in [0.15, 0.2) is 0 Å². The Morgan fingerprint density at radius 3 is 2.63 bits per heavy atom. The van der Waals surface area contributed by atoms with Gasteiger partial charge in [-0.2, -0.15) is 0 Å². The van der Waals surface area contributed by atoms with Crippen molar-refractivity contribution in [3.05, 3.63) is 29.8 Å². The summed E-state index contributed by atoms with van der Waals surface area (Å²) in [5.41, 5.74) is 1.32. The number of anilines is 1. The molecule has 2 fully saturated rings. The van der Waals surface area contributed by atoms with Gasteiger partial charge in [0.2, 0.25) is 11.8 Å². The van der Waals surface area contributed by atoms with E-state index in [9.17, 15) is 9.59 Å². The number of hydrogen-bond donors (Lipinski definition) is 3. The first-order valence-corrected chi connectivity index (χ1v) is 9.51. The van der Waals surface area contributed by atoms with Crippen molar-refractivity contribution in [1.29, 1.82) is 0 Å². The van der Waals surface area contributed by atoms with Crippen molar-refractivity contribution in [1.82, 2.24) is 10.6 Å². The molecular formula is C20H30ClN3O3. The third-order valence-corrected chi connectivity index (χ3v) is 5.59. The van der Waals surface area contributed by atoms with Crippen LogP contribution < -0.4 is 16.0 Å². The highest BCUT2D eigenvalue weighted by Gasteiger charge is 2.39. The molecule has 1 aromatic carbocycles. The minimum absolute atomic E-state index is 0. The van der Waals surface area contributed by atoms with E-state index in [4.69, 9.17) is 4.74 Å². The fourth-order valence-corrected chi connectivity index (χ4v) is 3.66. The van der Waals surface area contributed by atoms with Crippen molar-refractivity contribution in [3.8, 4) is 0 Å². The first-order valence-electron chi connectivity index (χ1n) is 9.51. The molecule has 0 aromatic heterocycles. The maximum Gasteiger partial charge on any atom is 0.228 e. The van der Waals surface area contributed by atoms with Crippen LogP contribution in [0.1, 0.15) is 37.7 Å². The first kappa shape index (κ1) is 21.7. The maximum absolute atomic E-state index is 12.8. The summed E-state index contributed by atoms with van der Waals surface area (Å²) in [5.74, 6) is 0.308. The van der Waals surface area contributed by atoms with E-state index in [0.717, 1.165) is 56.4 Å². The largest absolute Gasteiger partial charge is 0.384 e. The van der Waals surface area contributed by atoms with Crippen molar-refractivity contribution in [2.75, 3.05) is 32.1 Å². The molecule has 2 aliphatic rings. The lowest BCUT2D eigenvalue weighted by Gasteiger charge is -2.35. The van der Waals surface area contributed by atoms with Gasteiger partial charge in [0, 0.05) is 25.3 Å². The van der Waals surface area contributed by atoms with Gasteiger partial charge < -0.3 is 20.7 Å². The zero-order valence-electron chi connectivity index (χ0n) is 15.9. The topological polar surface area (TPSA) is 79.5 Å². The van der Waals surface area contributed by atoms with Crippen molar-refractivity contribution in [2.45, 2.75) is 38.6 Å². The van der Waals surface area contributed by atoms with E-state index in [-0.39, 0.29) is 30.1 Å². The zero-order valence-corrected chi connectivity index (χ0v) is 16.7. The van der Waals surface area contributed by atoms with Crippen LogP contribution in [-0.4, -0.2) is 38.6 Å². The molecule has 150 valence electrons. The van der Waals surface area contributed by atoms with E-state index in [1.54, 1.807) is 7.11 Å². The molecule has 1 aliphatic carbocycles. The Labute approximate surface area is 167 Å². The van der Waals surface area contributed by atoms with Gasteiger partial charge in [0.25, 0.3) is 0 Å². The Morgan fingerprint density at radius 2 is 2.00 bits per heavy atom. The number of rotatable bonds is 7. The van der Waals surface area contributed by atoms with E-state index < -0.39 is 5.41 Å². The molecule has 0 radical (unpaired) electrons. The molecular weight excluding hydrogens is 366 g/mol. The van der Waals surface area contributed by atoms with Gasteiger partial charge in [0.05, 0.1) is 12.0 Å². The van der Waals surface area contributed by atoms with Gasteiger partial charge in [-0.05, 0) is 56.5 Å². The van der Waals surface area contributed by atoms with Gasteiger partial charge in [-0.1, -0.05) is 18.6 Å². The second-order valence-corrected chi connectivity index (χ2v) is 7.46. The second-order valence-electron chi connectivity index (χ2n) is 7.46. The lowest BCUT2D eigenvalue weighted by atomic mass is 9.78. The van der Waals surface area contributed by atoms with Crippen LogP contribution in [0.5, 0.6) is 0 Å². The Morgan fingerprint density at radius 1 is 1.26 bits per heavy atom. The van der Waals surface area contributed by atoms with E-state index in [0.29, 0.717) is 13.2 Å². The van der Waals surface area contributed by atoms with Crippen LogP contribution in [0.25, 0.3) is 0 Å². The molecule has 27 heavy (non-hydrogen) atoms. The monoisotopic (exact) mass is 395 g/mol. The zero-order chi connectivity index (χ0) is 18.4. The number of methoxy groups -OCH3 is 1. The number of nitrogens with one attached hydrogen (secondary N) is 3. The van der Waals surface area contributed by atoms with Crippen molar-refractivity contribution in [3.63, 3.8) is 0 Å². The smallest absolute Gasteiger partial charge is 0.228 e. The summed E-state index contributed by atoms with van der Waals surface area (Å²) in [7, 11) is 1.64. The predicted molar refractivity (Wildman–Crippen MR) is 108 cm³/mol. The molecule has 6 nitrogen and oxygen atoms in total. The molecule has 0 atom stereocenters. The van der Waals surface area contributed by atoms with E-state index >= 15 is 0 Å². The van der Waals surface area contributed by atoms with E-state index in [2.05, 4.69) is 16.0 Å². The highest BCUT2D eigenvalue weighted by molar-refractivity contribution is 5.93. The Bertz CT molecular complexity index is 638. The number of carbonyl (C=O) groups is 2. The molecule has 1 saturated heterocycles. The summed E-state index contributed by atoms with van der Waals surface area (Å²) in [5, 5.41) is 9.34. The summed E-state index contributed by atoms with van der Waals surface area (Å²) in [4.78, 5) is 24.9. The van der Waals surface area contributed by atoms with Crippen LogP contribution in [0.15, 0.2) is 24.3 Å². The fourth-order valence-electron chi connectivity index (χ4n) is 3.66. The third-order valence-electron chi connectivity index (χ3n) is 5.59. The van der Waals surface area contributed by atoms with Gasteiger partial charge in [0.1, 0.15) is 0 Å². The summed E-state index contributed by atoms with van der Waals surface area (Å²) >= 11 is 0. The predicted octanol–water partition coefficient (Wildman–Crippen LogP) is 2.48. The molecule has 2 amide bonds. The molecule has 3 N–H and O–H groups in total. The number of ether oxygens (including phenoxy) is 1. The summed E-state index contributed by atoms with van der Waals surface area (Å²) < 4.78 is 5.32. The third kappa shape index (κ3) is 5.43. The maximum atomic E-state index is 12.8. The summed E-state index contributed by atoms with van der Waals surface area (Å²) in [6, 6.07) is 7.70. The van der Waals surface area contributed by atoms with Crippen LogP contribution in [-0.2, 0) is 20.9 Å². The van der Waals surface area contributed by atoms with Crippen LogP contribution in [0.3, 0.4) is 0 Å². The Kier molecular flexibility index (Phi) is 8.07. The molecule has 0 spiro atoms. The molecule has 0 unspecified atom stereocenters.